The molecule has 1 N–H and O–H groups in total. The van der Waals surface area contributed by atoms with Crippen LogP contribution in [0.15, 0.2) is 18.2 Å². The molecule has 1 aliphatic rings. The summed E-state index contributed by atoms with van der Waals surface area (Å²) < 4.78 is 0. The van der Waals surface area contributed by atoms with E-state index in [1.54, 1.807) is 0 Å². The average molecular weight is 303 g/mol. The number of carboxylic acid groups (broad SMARTS) is 1. The van der Waals surface area contributed by atoms with Gasteiger partial charge < -0.3 is 10.0 Å². The Hall–Kier alpha value is -1.84. The van der Waals surface area contributed by atoms with Gasteiger partial charge in [0, 0.05) is 18.2 Å². The van der Waals surface area contributed by atoms with Gasteiger partial charge in [-0.15, -0.1) is 0 Å². The molecular formula is C18H25NO3. The molecule has 1 amide bonds. The molecule has 0 radical (unpaired) electrons. The van der Waals surface area contributed by atoms with Crippen LogP contribution < -0.4 is 4.90 Å². The van der Waals surface area contributed by atoms with Crippen LogP contribution >= 0.6 is 0 Å². The molecule has 0 aromatic heterocycles. The first-order valence-corrected chi connectivity index (χ1v) is 8.04. The van der Waals surface area contributed by atoms with Crippen molar-refractivity contribution in [2.75, 3.05) is 11.4 Å². The second-order valence-corrected chi connectivity index (χ2v) is 6.32. The Labute approximate surface area is 132 Å². The van der Waals surface area contributed by atoms with Crippen LogP contribution in [0.25, 0.3) is 0 Å². The number of amides is 1. The quantitative estimate of drug-likeness (QED) is 0.925. The van der Waals surface area contributed by atoms with Gasteiger partial charge in [0.1, 0.15) is 0 Å². The highest BCUT2D eigenvalue weighted by molar-refractivity contribution is 5.95. The van der Waals surface area contributed by atoms with Crippen LogP contribution in [-0.4, -0.2) is 23.5 Å². The highest BCUT2D eigenvalue weighted by Crippen LogP contribution is 2.31. The highest BCUT2D eigenvalue weighted by atomic mass is 16.4. The molecule has 2 rings (SSSR count). The number of carbonyl (C=O) groups is 2. The molecule has 0 heterocycles. The maximum Gasteiger partial charge on any atom is 0.306 e. The molecule has 0 atom stereocenters. The Morgan fingerprint density at radius 1 is 1.05 bits per heavy atom. The normalized spacial score (nSPS) is 21.4. The fourth-order valence-electron chi connectivity index (χ4n) is 3.38. The summed E-state index contributed by atoms with van der Waals surface area (Å²) in [6, 6.07) is 6.18. The van der Waals surface area contributed by atoms with Crippen LogP contribution in [0, 0.1) is 25.7 Å². The number of aliphatic carboxylic acids is 1. The van der Waals surface area contributed by atoms with E-state index in [0.29, 0.717) is 32.2 Å². The van der Waals surface area contributed by atoms with E-state index in [2.05, 4.69) is 6.07 Å². The summed E-state index contributed by atoms with van der Waals surface area (Å²) in [7, 11) is 0. The fourth-order valence-corrected chi connectivity index (χ4v) is 3.38. The zero-order chi connectivity index (χ0) is 16.3. The van der Waals surface area contributed by atoms with E-state index in [1.165, 1.54) is 0 Å². The van der Waals surface area contributed by atoms with Crippen molar-refractivity contribution in [3.63, 3.8) is 0 Å². The van der Waals surface area contributed by atoms with Crippen LogP contribution in [0.3, 0.4) is 0 Å². The lowest BCUT2D eigenvalue weighted by Gasteiger charge is -2.30. The molecule has 1 saturated carbocycles. The summed E-state index contributed by atoms with van der Waals surface area (Å²) in [4.78, 5) is 25.7. The van der Waals surface area contributed by atoms with Crippen molar-refractivity contribution in [2.45, 2.75) is 46.5 Å². The summed E-state index contributed by atoms with van der Waals surface area (Å²) in [5, 5.41) is 9.06. The van der Waals surface area contributed by atoms with Crippen molar-refractivity contribution in [1.82, 2.24) is 0 Å². The van der Waals surface area contributed by atoms with E-state index in [9.17, 15) is 9.59 Å². The van der Waals surface area contributed by atoms with E-state index < -0.39 is 5.97 Å². The first-order valence-electron chi connectivity index (χ1n) is 8.04. The molecule has 4 heteroatoms. The van der Waals surface area contributed by atoms with Gasteiger partial charge >= 0.3 is 5.97 Å². The van der Waals surface area contributed by atoms with Gasteiger partial charge in [-0.25, -0.2) is 0 Å². The Kier molecular flexibility index (Phi) is 5.22. The number of hydrogen-bond donors (Lipinski definition) is 1. The Morgan fingerprint density at radius 2 is 1.55 bits per heavy atom. The maximum atomic E-state index is 12.8. The largest absolute Gasteiger partial charge is 0.481 e. The van der Waals surface area contributed by atoms with Crippen molar-refractivity contribution in [3.8, 4) is 0 Å². The molecule has 1 aliphatic carbocycles. The topological polar surface area (TPSA) is 57.6 Å². The lowest BCUT2D eigenvalue weighted by atomic mass is 9.81. The van der Waals surface area contributed by atoms with Crippen molar-refractivity contribution in [1.29, 1.82) is 0 Å². The van der Waals surface area contributed by atoms with Crippen molar-refractivity contribution >= 4 is 17.6 Å². The monoisotopic (exact) mass is 303 g/mol. The second kappa shape index (κ2) is 6.95. The number of carboxylic acids is 1. The number of hydrogen-bond acceptors (Lipinski definition) is 2. The molecule has 1 fully saturated rings. The van der Waals surface area contributed by atoms with Crippen LogP contribution in [0.5, 0.6) is 0 Å². The molecule has 1 aromatic rings. The zero-order valence-corrected chi connectivity index (χ0v) is 13.6. The van der Waals surface area contributed by atoms with Gasteiger partial charge in [0.2, 0.25) is 5.91 Å². The predicted octanol–water partition coefficient (Wildman–Crippen LogP) is 3.55. The molecule has 22 heavy (non-hydrogen) atoms. The predicted molar refractivity (Wildman–Crippen MR) is 87.0 cm³/mol. The minimum atomic E-state index is -0.729. The average Bonchev–Trinajstić information content (AvgIpc) is 2.47. The Morgan fingerprint density at radius 3 is 2.00 bits per heavy atom. The lowest BCUT2D eigenvalue weighted by Crippen LogP contribution is -2.38. The fraction of sp³-hybridized carbons (Fsp3) is 0.556. The van der Waals surface area contributed by atoms with Crippen molar-refractivity contribution in [3.05, 3.63) is 29.3 Å². The van der Waals surface area contributed by atoms with E-state index in [4.69, 9.17) is 5.11 Å². The third-order valence-electron chi connectivity index (χ3n) is 4.53. The van der Waals surface area contributed by atoms with Gasteiger partial charge in [-0.1, -0.05) is 6.07 Å². The van der Waals surface area contributed by atoms with Crippen LogP contribution in [0.1, 0.15) is 43.7 Å². The number of benzene rings is 1. The SMILES string of the molecule is CCN(C(=O)C1CCC(C(=O)O)CC1)c1cc(C)cc(C)c1. The van der Waals surface area contributed by atoms with E-state index in [0.717, 1.165) is 16.8 Å². The van der Waals surface area contributed by atoms with Gasteiger partial charge in [-0.05, 0) is 69.7 Å². The third kappa shape index (κ3) is 3.67. The molecule has 120 valence electrons. The van der Waals surface area contributed by atoms with Gasteiger partial charge in [-0.2, -0.15) is 0 Å². The van der Waals surface area contributed by atoms with Crippen LogP contribution in [0.2, 0.25) is 0 Å². The summed E-state index contributed by atoms with van der Waals surface area (Å²) in [6.07, 6.45) is 2.57. The van der Waals surface area contributed by atoms with E-state index in [-0.39, 0.29) is 17.7 Å². The molecular weight excluding hydrogens is 278 g/mol. The number of aryl methyl sites for hydroxylation is 2. The molecule has 0 aliphatic heterocycles. The number of carbonyl (C=O) groups excluding carboxylic acids is 1. The van der Waals surface area contributed by atoms with Crippen molar-refractivity contribution < 1.29 is 14.7 Å². The Balaban J connectivity index is 2.11. The molecule has 0 unspecified atom stereocenters. The number of nitrogens with zero attached hydrogens (tertiary/aromatic N) is 1. The summed E-state index contributed by atoms with van der Waals surface area (Å²) >= 11 is 0. The minimum Gasteiger partial charge on any atom is -0.481 e. The number of rotatable bonds is 4. The summed E-state index contributed by atoms with van der Waals surface area (Å²) in [5.74, 6) is -0.916. The van der Waals surface area contributed by atoms with Crippen molar-refractivity contribution in [2.24, 2.45) is 11.8 Å². The van der Waals surface area contributed by atoms with Gasteiger partial charge in [0.25, 0.3) is 0 Å². The first-order chi connectivity index (χ1) is 10.4. The van der Waals surface area contributed by atoms with Crippen LogP contribution in [-0.2, 0) is 9.59 Å². The maximum absolute atomic E-state index is 12.8. The second-order valence-electron chi connectivity index (χ2n) is 6.32. The van der Waals surface area contributed by atoms with E-state index in [1.807, 2.05) is 37.8 Å². The van der Waals surface area contributed by atoms with Gasteiger partial charge in [0.05, 0.1) is 5.92 Å². The zero-order valence-electron chi connectivity index (χ0n) is 13.6. The molecule has 1 aromatic carbocycles. The molecule has 0 bridgehead atoms. The summed E-state index contributed by atoms with van der Waals surface area (Å²) in [6.45, 7) is 6.69. The third-order valence-corrected chi connectivity index (χ3v) is 4.53. The smallest absolute Gasteiger partial charge is 0.306 e. The Bertz CT molecular complexity index is 539. The van der Waals surface area contributed by atoms with Gasteiger partial charge in [-0.3, -0.25) is 9.59 Å². The molecule has 0 spiro atoms. The standard InChI is InChI=1S/C18H25NO3/c1-4-19(16-10-12(2)9-13(3)11-16)17(20)14-5-7-15(8-6-14)18(21)22/h9-11,14-15H,4-8H2,1-3H3,(H,21,22). The van der Waals surface area contributed by atoms with Gasteiger partial charge in [0.15, 0.2) is 0 Å². The minimum absolute atomic E-state index is 0.0450. The summed E-state index contributed by atoms with van der Waals surface area (Å²) in [5.41, 5.74) is 3.25. The van der Waals surface area contributed by atoms with Crippen LogP contribution in [0.4, 0.5) is 5.69 Å². The lowest BCUT2D eigenvalue weighted by molar-refractivity contribution is -0.144. The van der Waals surface area contributed by atoms with E-state index >= 15 is 0 Å². The first kappa shape index (κ1) is 16.5. The number of anilines is 1. The highest BCUT2D eigenvalue weighted by Gasteiger charge is 2.32. The molecule has 0 saturated heterocycles. The molecule has 4 nitrogen and oxygen atoms in total.